The van der Waals surface area contributed by atoms with Gasteiger partial charge in [0.2, 0.25) is 11.9 Å². The zero-order chi connectivity index (χ0) is 20.6. The second kappa shape index (κ2) is 8.16. The van der Waals surface area contributed by atoms with Crippen LogP contribution in [0.2, 0.25) is 5.02 Å². The maximum absolute atomic E-state index is 13.8. The van der Waals surface area contributed by atoms with Crippen LogP contribution < -0.4 is 4.90 Å². The number of carbonyl (C=O) groups excluding carboxylic acids is 1. The van der Waals surface area contributed by atoms with Gasteiger partial charge in [-0.2, -0.15) is 0 Å². The minimum absolute atomic E-state index is 0.236. The summed E-state index contributed by atoms with van der Waals surface area (Å²) in [6, 6.07) is 7.86. The first-order valence-corrected chi connectivity index (χ1v) is 11.3. The number of rotatable bonds is 3. The van der Waals surface area contributed by atoms with E-state index < -0.39 is 5.41 Å². The Balaban J connectivity index is 1.40. The first kappa shape index (κ1) is 19.8. The van der Waals surface area contributed by atoms with Crippen molar-refractivity contribution in [3.63, 3.8) is 0 Å². The van der Waals surface area contributed by atoms with Crippen LogP contribution in [0.1, 0.15) is 42.5 Å². The number of hydrogen-bond donors (Lipinski definition) is 0. The smallest absolute Gasteiger partial charge is 0.233 e. The highest BCUT2D eigenvalue weighted by atomic mass is 35.5. The minimum Gasteiger partial charge on any atom is -0.378 e. The fourth-order valence-electron chi connectivity index (χ4n) is 5.06. The van der Waals surface area contributed by atoms with Crippen LogP contribution in [-0.2, 0) is 27.9 Å². The molecule has 7 heteroatoms. The predicted molar refractivity (Wildman–Crippen MR) is 116 cm³/mol. The molecular formula is C23H27ClN4O2. The number of anilines is 1. The summed E-state index contributed by atoms with van der Waals surface area (Å²) in [7, 11) is 0. The summed E-state index contributed by atoms with van der Waals surface area (Å²) in [6.07, 6.45) is 6.73. The predicted octanol–water partition coefficient (Wildman–Crippen LogP) is 3.36. The Morgan fingerprint density at radius 2 is 1.80 bits per heavy atom. The third kappa shape index (κ3) is 3.56. The Morgan fingerprint density at radius 3 is 2.53 bits per heavy atom. The molecule has 3 heterocycles. The Hall–Kier alpha value is -2.18. The van der Waals surface area contributed by atoms with E-state index in [-0.39, 0.29) is 5.91 Å². The van der Waals surface area contributed by atoms with Crippen LogP contribution in [0.5, 0.6) is 0 Å². The van der Waals surface area contributed by atoms with Gasteiger partial charge in [-0.05, 0) is 42.5 Å². The second-order valence-corrected chi connectivity index (χ2v) is 8.95. The van der Waals surface area contributed by atoms with Crippen molar-refractivity contribution in [3.8, 4) is 0 Å². The van der Waals surface area contributed by atoms with Crippen molar-refractivity contribution < 1.29 is 9.53 Å². The standard InChI is InChI=1S/C23H27ClN4O2/c24-19-5-3-18(4-6-19)23(8-1-2-9-23)21(29)28-10-7-17-15-25-22(26-20(17)16-28)27-11-13-30-14-12-27/h3-6,15H,1-2,7-14,16H2. The molecule has 3 aliphatic rings. The van der Waals surface area contributed by atoms with Gasteiger partial charge in [0, 0.05) is 30.9 Å². The maximum Gasteiger partial charge on any atom is 0.233 e. The lowest BCUT2D eigenvalue weighted by molar-refractivity contribution is -0.138. The molecule has 0 spiro atoms. The molecule has 158 valence electrons. The molecule has 1 amide bonds. The lowest BCUT2D eigenvalue weighted by Crippen LogP contribution is -2.47. The molecule has 0 atom stereocenters. The van der Waals surface area contributed by atoms with E-state index in [1.807, 2.05) is 35.4 Å². The summed E-state index contributed by atoms with van der Waals surface area (Å²) in [4.78, 5) is 27.4. The number of nitrogens with zero attached hydrogens (tertiary/aromatic N) is 4. The Morgan fingerprint density at radius 1 is 1.07 bits per heavy atom. The zero-order valence-electron chi connectivity index (χ0n) is 17.1. The third-order valence-corrected chi connectivity index (χ3v) is 7.03. The number of fused-ring (bicyclic) bond motifs is 1. The normalized spacial score (nSPS) is 20.8. The van der Waals surface area contributed by atoms with E-state index in [1.165, 1.54) is 0 Å². The van der Waals surface area contributed by atoms with Gasteiger partial charge < -0.3 is 14.5 Å². The molecule has 1 saturated carbocycles. The highest BCUT2D eigenvalue weighted by Crippen LogP contribution is 2.43. The summed E-state index contributed by atoms with van der Waals surface area (Å²) in [5, 5.41) is 0.707. The molecule has 30 heavy (non-hydrogen) atoms. The number of morpholine rings is 1. The average Bonchev–Trinajstić information content (AvgIpc) is 3.30. The fraction of sp³-hybridized carbons (Fsp3) is 0.522. The van der Waals surface area contributed by atoms with Crippen LogP contribution in [0.3, 0.4) is 0 Å². The quantitative estimate of drug-likeness (QED) is 0.753. The maximum atomic E-state index is 13.8. The summed E-state index contributed by atoms with van der Waals surface area (Å²) in [5.74, 6) is 0.985. The lowest BCUT2D eigenvalue weighted by atomic mass is 9.77. The van der Waals surface area contributed by atoms with Crippen molar-refractivity contribution >= 4 is 23.5 Å². The van der Waals surface area contributed by atoms with Crippen LogP contribution in [-0.4, -0.2) is 53.6 Å². The van der Waals surface area contributed by atoms with Gasteiger partial charge in [0.1, 0.15) is 0 Å². The molecule has 6 nitrogen and oxygen atoms in total. The van der Waals surface area contributed by atoms with Gasteiger partial charge in [-0.25, -0.2) is 9.97 Å². The SMILES string of the molecule is O=C(N1CCc2cnc(N3CCOCC3)nc2C1)C1(c2ccc(Cl)cc2)CCCC1. The van der Waals surface area contributed by atoms with Crippen molar-refractivity contribution in [2.75, 3.05) is 37.7 Å². The van der Waals surface area contributed by atoms with Crippen molar-refractivity contribution in [2.24, 2.45) is 0 Å². The summed E-state index contributed by atoms with van der Waals surface area (Å²) >= 11 is 6.11. The van der Waals surface area contributed by atoms with E-state index in [9.17, 15) is 4.79 Å². The molecule has 0 N–H and O–H groups in total. The molecule has 1 aromatic heterocycles. The van der Waals surface area contributed by atoms with Crippen LogP contribution in [0.15, 0.2) is 30.5 Å². The van der Waals surface area contributed by atoms with Crippen LogP contribution in [0.25, 0.3) is 0 Å². The molecule has 0 unspecified atom stereocenters. The number of carbonyl (C=O) groups is 1. The van der Waals surface area contributed by atoms with Gasteiger partial charge in [0.15, 0.2) is 0 Å². The highest BCUT2D eigenvalue weighted by Gasteiger charge is 2.45. The summed E-state index contributed by atoms with van der Waals surface area (Å²) < 4.78 is 5.44. The number of aromatic nitrogens is 2. The van der Waals surface area contributed by atoms with Crippen molar-refractivity contribution in [2.45, 2.75) is 44.1 Å². The molecule has 1 saturated heterocycles. The number of ether oxygens (including phenoxy) is 1. The Bertz CT molecular complexity index is 921. The molecule has 5 rings (SSSR count). The number of halogens is 1. The van der Waals surface area contributed by atoms with E-state index >= 15 is 0 Å². The van der Waals surface area contributed by atoms with Crippen molar-refractivity contribution in [1.82, 2.24) is 14.9 Å². The molecule has 1 aromatic carbocycles. The minimum atomic E-state index is -0.428. The Labute approximate surface area is 182 Å². The third-order valence-electron chi connectivity index (χ3n) is 6.78. The molecule has 2 aromatic rings. The molecule has 2 aliphatic heterocycles. The summed E-state index contributed by atoms with van der Waals surface area (Å²) in [5.41, 5.74) is 2.80. The van der Waals surface area contributed by atoms with Gasteiger partial charge in [-0.3, -0.25) is 4.79 Å². The van der Waals surface area contributed by atoms with Gasteiger partial charge in [0.05, 0.1) is 30.9 Å². The van der Waals surface area contributed by atoms with Gasteiger partial charge in [-0.1, -0.05) is 36.6 Å². The van der Waals surface area contributed by atoms with E-state index in [0.29, 0.717) is 24.8 Å². The second-order valence-electron chi connectivity index (χ2n) is 8.51. The van der Waals surface area contributed by atoms with Gasteiger partial charge in [-0.15, -0.1) is 0 Å². The first-order valence-electron chi connectivity index (χ1n) is 10.9. The molecule has 2 fully saturated rings. The fourth-order valence-corrected chi connectivity index (χ4v) is 5.18. The number of benzene rings is 1. The average molecular weight is 427 g/mol. The van der Waals surface area contributed by atoms with Crippen LogP contribution in [0.4, 0.5) is 5.95 Å². The highest BCUT2D eigenvalue weighted by molar-refractivity contribution is 6.30. The molecule has 1 aliphatic carbocycles. The molecule has 0 bridgehead atoms. The van der Waals surface area contributed by atoms with Crippen LogP contribution in [0, 0.1) is 0 Å². The van der Waals surface area contributed by atoms with Crippen LogP contribution >= 0.6 is 11.6 Å². The molecule has 0 radical (unpaired) electrons. The first-order chi connectivity index (χ1) is 14.7. The number of amides is 1. The zero-order valence-corrected chi connectivity index (χ0v) is 17.9. The Kier molecular flexibility index (Phi) is 5.37. The number of hydrogen-bond acceptors (Lipinski definition) is 5. The van der Waals surface area contributed by atoms with Crippen molar-refractivity contribution in [1.29, 1.82) is 0 Å². The van der Waals surface area contributed by atoms with E-state index in [2.05, 4.69) is 9.88 Å². The topological polar surface area (TPSA) is 58.6 Å². The largest absolute Gasteiger partial charge is 0.378 e. The lowest BCUT2D eigenvalue weighted by Gasteiger charge is -2.37. The van der Waals surface area contributed by atoms with Gasteiger partial charge in [0.25, 0.3) is 0 Å². The molecular weight excluding hydrogens is 400 g/mol. The van der Waals surface area contributed by atoms with E-state index in [1.54, 1.807) is 0 Å². The van der Waals surface area contributed by atoms with Gasteiger partial charge >= 0.3 is 0 Å². The van der Waals surface area contributed by atoms with Crippen molar-refractivity contribution in [3.05, 3.63) is 52.3 Å². The summed E-state index contributed by atoms with van der Waals surface area (Å²) in [6.45, 7) is 4.30. The van der Waals surface area contributed by atoms with E-state index in [4.69, 9.17) is 21.3 Å². The monoisotopic (exact) mass is 426 g/mol. The van der Waals surface area contributed by atoms with E-state index in [0.717, 1.165) is 74.5 Å².